The fourth-order valence-electron chi connectivity index (χ4n) is 1.06. The number of anilines is 1. The summed E-state index contributed by atoms with van der Waals surface area (Å²) in [6.07, 6.45) is -5.98. The average Bonchev–Trinajstić information content (AvgIpc) is 2.21. The molecule has 0 fully saturated rings. The van der Waals surface area contributed by atoms with Crippen LogP contribution < -0.4 is 5.32 Å². The van der Waals surface area contributed by atoms with Gasteiger partial charge in [0.05, 0.1) is 0 Å². The standard InChI is InChI=1S/C10H7F6NO/c1-5-4-6(2-3-7(5)11)17-8(18)9(12,13)10(14,15)16/h2-4H,1H3,(H,17,18). The second kappa shape index (κ2) is 4.51. The van der Waals surface area contributed by atoms with E-state index in [4.69, 9.17) is 0 Å². The molecule has 1 aromatic carbocycles. The normalized spacial score (nSPS) is 12.4. The lowest BCUT2D eigenvalue weighted by Crippen LogP contribution is -2.47. The Labute approximate surface area is 97.6 Å². The Hall–Kier alpha value is -1.73. The summed E-state index contributed by atoms with van der Waals surface area (Å²) in [5.41, 5.74) is -0.342. The summed E-state index contributed by atoms with van der Waals surface area (Å²) in [6, 6.07) is 2.67. The third kappa shape index (κ3) is 2.74. The van der Waals surface area contributed by atoms with Crippen molar-refractivity contribution in [2.24, 2.45) is 0 Å². The summed E-state index contributed by atoms with van der Waals surface area (Å²) in [5, 5.41) is 1.38. The lowest BCUT2D eigenvalue weighted by Gasteiger charge is -2.18. The molecule has 0 aliphatic heterocycles. The van der Waals surface area contributed by atoms with Crippen molar-refractivity contribution < 1.29 is 31.1 Å². The zero-order chi connectivity index (χ0) is 14.1. The molecular weight excluding hydrogens is 264 g/mol. The van der Waals surface area contributed by atoms with Crippen molar-refractivity contribution in [1.82, 2.24) is 0 Å². The van der Waals surface area contributed by atoms with Crippen molar-refractivity contribution in [3.8, 4) is 0 Å². The van der Waals surface area contributed by atoms with Crippen LogP contribution in [0.5, 0.6) is 0 Å². The van der Waals surface area contributed by atoms with Crippen molar-refractivity contribution in [2.75, 3.05) is 5.32 Å². The van der Waals surface area contributed by atoms with Crippen molar-refractivity contribution in [3.63, 3.8) is 0 Å². The molecule has 2 nitrogen and oxygen atoms in total. The van der Waals surface area contributed by atoms with Crippen molar-refractivity contribution >= 4 is 11.6 Å². The largest absolute Gasteiger partial charge is 0.463 e. The maximum Gasteiger partial charge on any atom is 0.463 e. The number of carbonyl (C=O) groups is 1. The fourth-order valence-corrected chi connectivity index (χ4v) is 1.06. The van der Waals surface area contributed by atoms with E-state index in [2.05, 4.69) is 0 Å². The predicted octanol–water partition coefficient (Wildman–Crippen LogP) is 3.27. The minimum absolute atomic E-state index is 0.00289. The molecule has 0 spiro atoms. The SMILES string of the molecule is Cc1cc(NC(=O)C(F)(F)C(F)(F)F)ccc1F. The molecule has 0 saturated carbocycles. The van der Waals surface area contributed by atoms with Crippen molar-refractivity contribution in [1.29, 1.82) is 0 Å². The van der Waals surface area contributed by atoms with Gasteiger partial charge >= 0.3 is 18.0 Å². The first-order chi connectivity index (χ1) is 8.05. The fraction of sp³-hybridized carbons (Fsp3) is 0.300. The topological polar surface area (TPSA) is 29.1 Å². The summed E-state index contributed by atoms with van der Waals surface area (Å²) >= 11 is 0. The van der Waals surface area contributed by atoms with Gasteiger partial charge < -0.3 is 5.32 Å². The van der Waals surface area contributed by atoms with Crippen LogP contribution in [0.25, 0.3) is 0 Å². The van der Waals surface area contributed by atoms with Crippen LogP contribution in [0.15, 0.2) is 18.2 Å². The molecule has 18 heavy (non-hydrogen) atoms. The summed E-state index contributed by atoms with van der Waals surface area (Å²) < 4.78 is 73.6. The lowest BCUT2D eigenvalue weighted by atomic mass is 10.2. The maximum atomic E-state index is 12.8. The molecule has 0 radical (unpaired) electrons. The molecule has 1 amide bonds. The third-order valence-corrected chi connectivity index (χ3v) is 2.06. The highest BCUT2D eigenvalue weighted by molar-refractivity contribution is 5.96. The van der Waals surface area contributed by atoms with Crippen molar-refractivity contribution in [3.05, 3.63) is 29.6 Å². The van der Waals surface area contributed by atoms with E-state index in [0.29, 0.717) is 0 Å². The van der Waals surface area contributed by atoms with E-state index in [1.807, 2.05) is 0 Å². The molecule has 0 atom stereocenters. The molecule has 0 aromatic heterocycles. The molecule has 0 heterocycles. The summed E-state index contributed by atoms with van der Waals surface area (Å²) in [6.45, 7) is 1.27. The predicted molar refractivity (Wildman–Crippen MR) is 50.8 cm³/mol. The Morgan fingerprint density at radius 1 is 1.17 bits per heavy atom. The van der Waals surface area contributed by atoms with E-state index >= 15 is 0 Å². The van der Waals surface area contributed by atoms with E-state index in [0.717, 1.165) is 18.2 Å². The average molecular weight is 271 g/mol. The van der Waals surface area contributed by atoms with Crippen molar-refractivity contribution in [2.45, 2.75) is 19.0 Å². The van der Waals surface area contributed by atoms with Gasteiger partial charge in [0.25, 0.3) is 0 Å². The Morgan fingerprint density at radius 3 is 2.17 bits per heavy atom. The number of hydrogen-bond donors (Lipinski definition) is 1. The molecule has 1 N–H and O–H groups in total. The first-order valence-electron chi connectivity index (χ1n) is 4.58. The van der Waals surface area contributed by atoms with Gasteiger partial charge in [-0.15, -0.1) is 0 Å². The molecule has 1 aromatic rings. The Kier molecular flexibility index (Phi) is 3.59. The summed E-state index contributed by atoms with van der Waals surface area (Å²) in [4.78, 5) is 10.8. The number of alkyl halides is 5. The molecule has 0 saturated heterocycles. The van der Waals surface area contributed by atoms with Crippen LogP contribution in [-0.4, -0.2) is 18.0 Å². The number of halogens is 6. The summed E-state index contributed by atoms with van der Waals surface area (Å²) in [5.74, 6) is -8.69. The van der Waals surface area contributed by atoms with Crippen LogP contribution in [0, 0.1) is 12.7 Å². The molecular formula is C10H7F6NO. The second-order valence-corrected chi connectivity index (χ2v) is 3.49. The molecule has 0 aliphatic rings. The molecule has 1 rings (SSSR count). The van der Waals surface area contributed by atoms with Crippen LogP contribution in [0.1, 0.15) is 5.56 Å². The van der Waals surface area contributed by atoms with Gasteiger partial charge in [0.1, 0.15) is 5.82 Å². The highest BCUT2D eigenvalue weighted by Crippen LogP contribution is 2.36. The summed E-state index contributed by atoms with van der Waals surface area (Å²) in [7, 11) is 0. The third-order valence-electron chi connectivity index (χ3n) is 2.06. The number of rotatable bonds is 2. The smallest absolute Gasteiger partial charge is 0.321 e. The van der Waals surface area contributed by atoms with Gasteiger partial charge in [0.15, 0.2) is 0 Å². The quantitative estimate of drug-likeness (QED) is 0.822. The molecule has 0 aliphatic carbocycles. The van der Waals surface area contributed by atoms with E-state index in [1.165, 1.54) is 12.2 Å². The highest BCUT2D eigenvalue weighted by atomic mass is 19.4. The van der Waals surface area contributed by atoms with Gasteiger partial charge in [0, 0.05) is 5.69 Å². The van der Waals surface area contributed by atoms with Crippen LogP contribution in [0.2, 0.25) is 0 Å². The lowest BCUT2D eigenvalue weighted by molar-refractivity contribution is -0.267. The zero-order valence-corrected chi connectivity index (χ0v) is 8.91. The number of hydrogen-bond acceptors (Lipinski definition) is 1. The number of benzene rings is 1. The second-order valence-electron chi connectivity index (χ2n) is 3.49. The first kappa shape index (κ1) is 14.3. The van der Waals surface area contributed by atoms with E-state index in [1.54, 1.807) is 0 Å². The number of amides is 1. The van der Waals surface area contributed by atoms with E-state index in [-0.39, 0.29) is 11.3 Å². The van der Waals surface area contributed by atoms with E-state index in [9.17, 15) is 31.1 Å². The molecule has 8 heteroatoms. The van der Waals surface area contributed by atoms with Crippen LogP contribution >= 0.6 is 0 Å². The minimum atomic E-state index is -5.98. The Balaban J connectivity index is 2.91. The zero-order valence-electron chi connectivity index (χ0n) is 8.91. The highest BCUT2D eigenvalue weighted by Gasteiger charge is 2.63. The first-order valence-corrected chi connectivity index (χ1v) is 4.58. The van der Waals surface area contributed by atoms with Gasteiger partial charge in [0.2, 0.25) is 0 Å². The number of carbonyl (C=O) groups excluding carboxylic acids is 1. The van der Waals surface area contributed by atoms with E-state index < -0.39 is 23.8 Å². The Morgan fingerprint density at radius 2 is 1.72 bits per heavy atom. The molecule has 0 unspecified atom stereocenters. The maximum absolute atomic E-state index is 12.8. The molecule has 0 bridgehead atoms. The van der Waals surface area contributed by atoms with Crippen LogP contribution in [0.3, 0.4) is 0 Å². The van der Waals surface area contributed by atoms with Gasteiger partial charge in [-0.05, 0) is 30.7 Å². The molecule has 100 valence electrons. The van der Waals surface area contributed by atoms with Crippen LogP contribution in [0.4, 0.5) is 32.0 Å². The number of nitrogens with one attached hydrogen (secondary N) is 1. The van der Waals surface area contributed by atoms with Gasteiger partial charge in [-0.2, -0.15) is 22.0 Å². The van der Waals surface area contributed by atoms with Gasteiger partial charge in [-0.1, -0.05) is 0 Å². The monoisotopic (exact) mass is 271 g/mol. The van der Waals surface area contributed by atoms with Gasteiger partial charge in [-0.25, -0.2) is 4.39 Å². The number of aryl methyl sites for hydroxylation is 1. The van der Waals surface area contributed by atoms with Crippen LogP contribution in [-0.2, 0) is 4.79 Å². The minimum Gasteiger partial charge on any atom is -0.321 e. The Bertz CT molecular complexity index is 468. The van der Waals surface area contributed by atoms with Gasteiger partial charge in [-0.3, -0.25) is 4.79 Å².